The minimum atomic E-state index is -5.39. The number of thioether (sulfide) groups is 1. The highest BCUT2D eigenvalue weighted by Crippen LogP contribution is 2.34. The Morgan fingerprint density at radius 3 is 2.45 bits per heavy atom. The van der Waals surface area contributed by atoms with Crippen LogP contribution in [0.4, 0.5) is 22.0 Å². The number of carbonyl (C=O) groups is 1. The number of rotatable bonds is 12. The van der Waals surface area contributed by atoms with Gasteiger partial charge in [0.2, 0.25) is 5.91 Å². The van der Waals surface area contributed by atoms with Crippen molar-refractivity contribution in [2.45, 2.75) is 55.6 Å². The lowest BCUT2D eigenvalue weighted by Gasteiger charge is -2.39. The number of likely N-dealkylation sites (tertiary alicyclic amines) is 1. The van der Waals surface area contributed by atoms with Gasteiger partial charge in [-0.1, -0.05) is 60.4 Å². The van der Waals surface area contributed by atoms with Crippen molar-refractivity contribution in [3.63, 3.8) is 0 Å². The Bertz CT molecular complexity index is 3470. The molecule has 0 N–H and O–H groups in total. The van der Waals surface area contributed by atoms with E-state index in [0.29, 0.717) is 6.92 Å². The van der Waals surface area contributed by atoms with Gasteiger partial charge >= 0.3 is 6.18 Å². The molecule has 5 aromatic rings. The number of carbonyl (C=O) groups excluding carboxylic acids is 1. The van der Waals surface area contributed by atoms with E-state index in [1.165, 1.54) is 0 Å². The Kier molecular flexibility index (Phi) is 5.17. The van der Waals surface area contributed by atoms with Gasteiger partial charge in [0, 0.05) is 75.6 Å². The van der Waals surface area contributed by atoms with Gasteiger partial charge in [-0.25, -0.2) is 8.78 Å². The zero-order valence-corrected chi connectivity index (χ0v) is 27.8. The molecule has 0 atom stereocenters. The summed E-state index contributed by atoms with van der Waals surface area (Å²) >= 11 is -0.658. The van der Waals surface area contributed by atoms with Crippen molar-refractivity contribution in [2.24, 2.45) is 0 Å². The SMILES string of the molecule is [2H]c1c([2H])c(F)c(F)c(C([2H])([2H])Sc2c([2H])c(=O)c3c([2H])c([2H])c([2H])c([2H])c3n2CC(=O)N(C([2H])([2H])c2c([2H])c([2H])c(-c3c([2H])c([2H])c(C(F)(F)F)c(C)c3[2H])c([2H])c2[2H])C2([2H])C([2H])([2H])C([2H])([2H])N(CCOC)C([2H])([2H])C2([2H])[2H])c1[2H]. The van der Waals surface area contributed by atoms with Crippen molar-refractivity contribution in [2.75, 3.05) is 33.3 Å². The standard InChI is InChI=1S/C41H40F5N3O3S/c1-27-22-30(14-15-34(27)41(44,45)46)29-12-10-28(11-13-29)24-48(32-16-18-47(19-17-32)20-21-52-2)38(51)25-49-36-9-4-3-7-33(36)37(50)23-39(49)53-26-31-6-5-8-35(42)40(31)43/h3-15,22-23,32H,16-21,24-26H2,1-2H3/i3D,4D,5D,6D,7D,8D,9D,10D,11D,12D,13D,14D,15D,16D2,17D2,18D2,19D2,22D,23D,24D2,26D2,32D. The van der Waals surface area contributed by atoms with Gasteiger partial charge in [0.05, 0.1) is 47.4 Å². The lowest BCUT2D eigenvalue weighted by atomic mass is 9.98. The molecular formula is C41H40F5N3O3S. The van der Waals surface area contributed by atoms with Crippen LogP contribution in [-0.2, 0) is 34.5 Å². The largest absolute Gasteiger partial charge is 0.416 e. The molecule has 0 aliphatic carbocycles. The van der Waals surface area contributed by atoms with Gasteiger partial charge in [0.15, 0.2) is 17.1 Å². The molecule has 1 saturated heterocycles. The maximum Gasteiger partial charge on any atom is 0.416 e. The molecule has 1 amide bonds. The number of methoxy groups -OCH3 is 1. The van der Waals surface area contributed by atoms with E-state index in [-0.39, 0.29) is 9.47 Å². The Balaban J connectivity index is 1.81. The third kappa shape index (κ3) is 9.00. The highest BCUT2D eigenvalue weighted by Gasteiger charge is 2.32. The predicted octanol–water partition coefficient (Wildman–Crippen LogP) is 8.71. The quantitative estimate of drug-likeness (QED) is 0.0938. The van der Waals surface area contributed by atoms with Crippen LogP contribution < -0.4 is 5.43 Å². The average Bonchev–Trinajstić information content (AvgIpc) is 3.34. The monoisotopic (exact) mass is 777 g/mol. The Labute approximate surface area is 348 Å². The maximum absolute atomic E-state index is 15.8. The lowest BCUT2D eigenvalue weighted by molar-refractivity contribution is -0.138. The van der Waals surface area contributed by atoms with Crippen LogP contribution in [0.2, 0.25) is 0 Å². The summed E-state index contributed by atoms with van der Waals surface area (Å²) in [7, 11) is 0.994. The summed E-state index contributed by atoms with van der Waals surface area (Å²) in [5.41, 5.74) is -15.9. The van der Waals surface area contributed by atoms with Gasteiger partial charge in [-0.15, -0.1) is 11.8 Å². The molecule has 0 bridgehead atoms. The Morgan fingerprint density at radius 1 is 1.02 bits per heavy atom. The molecule has 0 radical (unpaired) electrons. The number of benzene rings is 4. The molecule has 0 unspecified atom stereocenters. The lowest BCUT2D eigenvalue weighted by Crippen LogP contribution is -2.48. The first-order valence-corrected chi connectivity index (χ1v) is 15.6. The fourth-order valence-corrected chi connectivity index (χ4v) is 5.19. The van der Waals surface area contributed by atoms with Crippen molar-refractivity contribution >= 4 is 28.6 Å². The van der Waals surface area contributed by atoms with Crippen LogP contribution in [0.3, 0.4) is 0 Å². The van der Waals surface area contributed by atoms with Crippen molar-refractivity contribution in [1.29, 1.82) is 0 Å². The third-order valence-electron chi connectivity index (χ3n) is 6.94. The van der Waals surface area contributed by atoms with Gasteiger partial charge in [0.1, 0.15) is 6.54 Å². The highest BCUT2D eigenvalue weighted by molar-refractivity contribution is 7.98. The van der Waals surface area contributed by atoms with Crippen molar-refractivity contribution in [3.05, 3.63) is 135 Å². The minimum Gasteiger partial charge on any atom is -0.383 e. The molecule has 4 aromatic carbocycles. The van der Waals surface area contributed by atoms with Crippen LogP contribution in [0, 0.1) is 18.6 Å². The number of hydrogen-bond donors (Lipinski definition) is 0. The smallest absolute Gasteiger partial charge is 0.383 e. The number of halogens is 5. The van der Waals surface area contributed by atoms with E-state index in [9.17, 15) is 27.6 Å². The summed E-state index contributed by atoms with van der Waals surface area (Å²) in [6.07, 6.45) is -14.6. The number of alkyl halides is 3. The summed E-state index contributed by atoms with van der Waals surface area (Å²) in [6.45, 7) is -16.4. The number of para-hydroxylation sites is 1. The average molecular weight is 778 g/mol. The van der Waals surface area contributed by atoms with Crippen LogP contribution >= 0.6 is 11.8 Å². The van der Waals surface area contributed by atoms with Gasteiger partial charge in [-0.3, -0.25) is 9.59 Å². The molecule has 6 nitrogen and oxygen atoms in total. The highest BCUT2D eigenvalue weighted by atomic mass is 32.2. The zero-order chi connectivity index (χ0) is 62.4. The summed E-state index contributed by atoms with van der Waals surface area (Å²) < 4.78 is 326. The summed E-state index contributed by atoms with van der Waals surface area (Å²) in [4.78, 5) is 28.7. The molecule has 12 heteroatoms. The molecule has 1 fully saturated rings. The number of pyridine rings is 1. The molecule has 53 heavy (non-hydrogen) atoms. The van der Waals surface area contributed by atoms with Crippen molar-refractivity contribution in [3.8, 4) is 11.1 Å². The number of piperidine rings is 1. The predicted molar refractivity (Wildman–Crippen MR) is 198 cm³/mol. The van der Waals surface area contributed by atoms with E-state index in [1.807, 2.05) is 0 Å². The number of fused-ring (bicyclic) bond motifs is 1. The van der Waals surface area contributed by atoms with Crippen molar-refractivity contribution in [1.82, 2.24) is 14.4 Å². The molecule has 6 rings (SSSR count). The zero-order valence-electron chi connectivity index (χ0n) is 55.0. The van der Waals surface area contributed by atoms with E-state index in [4.69, 9.17) is 33.5 Å². The molecule has 1 aliphatic rings. The molecule has 0 spiro atoms. The number of ether oxygens (including phenoxy) is 1. The molecular weight excluding hydrogens is 710 g/mol. The second-order valence-electron chi connectivity index (χ2n) is 10.5. The fourth-order valence-electron chi connectivity index (χ4n) is 4.44. The number of nitrogens with zero attached hydrogens (tertiary/aromatic N) is 3. The first-order chi connectivity index (χ1) is 36.6. The van der Waals surface area contributed by atoms with E-state index in [0.717, 1.165) is 7.11 Å². The van der Waals surface area contributed by atoms with Crippen molar-refractivity contribution < 1.29 is 69.9 Å². The summed E-state index contributed by atoms with van der Waals surface area (Å²) in [6, 6.07) is -27.7. The van der Waals surface area contributed by atoms with Gasteiger partial charge in [0.25, 0.3) is 0 Å². The van der Waals surface area contributed by atoms with E-state index in [2.05, 4.69) is 0 Å². The van der Waals surface area contributed by atoms with Crippen LogP contribution in [0.1, 0.15) is 73.4 Å². The van der Waals surface area contributed by atoms with Gasteiger partial charge in [-0.05, 0) is 66.1 Å². The second kappa shape index (κ2) is 16.7. The number of aromatic nitrogens is 1. The van der Waals surface area contributed by atoms with E-state index < -0.39 is 249 Å². The van der Waals surface area contributed by atoms with E-state index >= 15 is 13.6 Å². The normalized spacial score (nSPS) is 26.7. The van der Waals surface area contributed by atoms with Crippen LogP contribution in [0.25, 0.3) is 22.0 Å². The first-order valence-electron chi connectivity index (χ1n) is 28.8. The molecule has 278 valence electrons. The maximum atomic E-state index is 15.8. The summed E-state index contributed by atoms with van der Waals surface area (Å²) in [5, 5.41) is -2.74. The first kappa shape index (κ1) is 16.5. The van der Waals surface area contributed by atoms with Gasteiger partial charge < -0.3 is 19.1 Å². The molecule has 2 heterocycles. The van der Waals surface area contributed by atoms with Gasteiger partial charge in [-0.2, -0.15) is 13.2 Å². The minimum absolute atomic E-state index is 0.0176. The third-order valence-corrected chi connectivity index (χ3v) is 7.76. The number of hydrogen-bond acceptors (Lipinski definition) is 5. The topological polar surface area (TPSA) is 54.8 Å². The van der Waals surface area contributed by atoms with Crippen LogP contribution in [-0.4, -0.2) is 59.5 Å². The second-order valence-corrected chi connectivity index (χ2v) is 11.3. The summed E-state index contributed by atoms with van der Waals surface area (Å²) in [5.74, 6) is -7.03. The molecule has 1 aromatic heterocycles. The van der Waals surface area contributed by atoms with Crippen LogP contribution in [0.15, 0.2) is 100 Å². The van der Waals surface area contributed by atoms with Crippen LogP contribution in [0.5, 0.6) is 0 Å². The van der Waals surface area contributed by atoms with E-state index in [1.54, 1.807) is 0 Å². The number of amides is 1. The molecule has 1 aliphatic heterocycles. The molecule has 0 saturated carbocycles. The fraction of sp³-hybridized carbons (Fsp3) is 0.317. The Hall–Kier alpha value is -4.52. The Morgan fingerprint density at radius 2 is 1.74 bits per heavy atom.